The van der Waals surface area contributed by atoms with Crippen molar-refractivity contribution in [2.24, 2.45) is 23.2 Å². The Labute approximate surface area is 117 Å². The van der Waals surface area contributed by atoms with E-state index in [1.165, 1.54) is 38.5 Å². The van der Waals surface area contributed by atoms with Gasteiger partial charge >= 0.3 is 0 Å². The van der Waals surface area contributed by atoms with Crippen LogP contribution in [0.4, 0.5) is 0 Å². The summed E-state index contributed by atoms with van der Waals surface area (Å²) in [6.45, 7) is 2.12. The lowest BCUT2D eigenvalue weighted by atomic mass is 9.47. The highest BCUT2D eigenvalue weighted by molar-refractivity contribution is 5.04. The van der Waals surface area contributed by atoms with Crippen molar-refractivity contribution in [1.82, 2.24) is 5.32 Å². The molecule has 0 aromatic carbocycles. The van der Waals surface area contributed by atoms with Crippen LogP contribution in [0.2, 0.25) is 0 Å². The number of hydrogen-bond acceptors (Lipinski definition) is 2. The van der Waals surface area contributed by atoms with E-state index in [1.54, 1.807) is 0 Å². The van der Waals surface area contributed by atoms with Crippen LogP contribution in [0.25, 0.3) is 0 Å². The number of nitrogens with one attached hydrogen (secondary N) is 1. The van der Waals surface area contributed by atoms with E-state index in [4.69, 9.17) is 0 Å². The van der Waals surface area contributed by atoms with Crippen LogP contribution >= 0.6 is 0 Å². The van der Waals surface area contributed by atoms with Crippen LogP contribution in [-0.2, 0) is 0 Å². The van der Waals surface area contributed by atoms with Crippen LogP contribution < -0.4 is 5.32 Å². The molecule has 1 unspecified atom stereocenters. The Bertz CT molecular complexity index is 308. The molecule has 4 saturated carbocycles. The predicted octanol–water partition coefficient (Wildman–Crippen LogP) is 3.10. The average Bonchev–Trinajstić information content (AvgIpc) is 2.51. The molecule has 0 radical (unpaired) electrons. The first-order valence-electron chi connectivity index (χ1n) is 8.58. The van der Waals surface area contributed by atoms with Gasteiger partial charge in [-0.2, -0.15) is 0 Å². The van der Waals surface area contributed by atoms with E-state index in [-0.39, 0.29) is 5.60 Å². The minimum atomic E-state index is -0.352. The minimum Gasteiger partial charge on any atom is -0.390 e. The number of aliphatic hydroxyl groups is 1. The standard InChI is InChI=1S/C17H29NO/c19-17(2-1-4-18-5-3-17)12-16-9-13-6-14(10-16)8-15(7-13)11-16/h13-15,18-19H,1-12H2. The van der Waals surface area contributed by atoms with Gasteiger partial charge in [0.05, 0.1) is 5.60 Å². The summed E-state index contributed by atoms with van der Waals surface area (Å²) in [5.41, 5.74) is 0.184. The Morgan fingerprint density at radius 3 is 2.16 bits per heavy atom. The average molecular weight is 263 g/mol. The summed E-state index contributed by atoms with van der Waals surface area (Å²) in [5, 5.41) is 14.5. The first kappa shape index (κ1) is 12.6. The van der Waals surface area contributed by atoms with Gasteiger partial charge in [0.15, 0.2) is 0 Å². The molecule has 5 fully saturated rings. The van der Waals surface area contributed by atoms with Gasteiger partial charge in [-0.05, 0) is 100 Å². The molecule has 5 rings (SSSR count). The van der Waals surface area contributed by atoms with Crippen LogP contribution in [0, 0.1) is 23.2 Å². The fourth-order valence-electron chi connectivity index (χ4n) is 6.49. The Morgan fingerprint density at radius 1 is 0.895 bits per heavy atom. The summed E-state index contributed by atoms with van der Waals surface area (Å²) >= 11 is 0. The Morgan fingerprint density at radius 2 is 1.53 bits per heavy atom. The zero-order valence-electron chi connectivity index (χ0n) is 12.2. The van der Waals surface area contributed by atoms with E-state index >= 15 is 0 Å². The quantitative estimate of drug-likeness (QED) is 0.802. The summed E-state index contributed by atoms with van der Waals surface area (Å²) in [7, 11) is 0. The first-order valence-corrected chi connectivity index (χ1v) is 8.58. The number of rotatable bonds is 2. The van der Waals surface area contributed by atoms with Crippen molar-refractivity contribution in [3.05, 3.63) is 0 Å². The predicted molar refractivity (Wildman–Crippen MR) is 76.9 cm³/mol. The molecular weight excluding hydrogens is 234 g/mol. The van der Waals surface area contributed by atoms with Crippen molar-refractivity contribution in [3.8, 4) is 0 Å². The largest absolute Gasteiger partial charge is 0.390 e. The molecule has 108 valence electrons. The van der Waals surface area contributed by atoms with Gasteiger partial charge in [-0.1, -0.05) is 0 Å². The van der Waals surface area contributed by atoms with E-state index in [2.05, 4.69) is 5.32 Å². The third kappa shape index (κ3) is 2.35. The highest BCUT2D eigenvalue weighted by atomic mass is 16.3. The van der Waals surface area contributed by atoms with E-state index < -0.39 is 0 Å². The van der Waals surface area contributed by atoms with Crippen molar-refractivity contribution in [2.45, 2.75) is 69.8 Å². The summed E-state index contributed by atoms with van der Waals surface area (Å²) in [5.74, 6) is 3.04. The molecule has 0 aromatic heterocycles. The van der Waals surface area contributed by atoms with E-state index in [9.17, 15) is 5.11 Å². The summed E-state index contributed by atoms with van der Waals surface area (Å²) in [6, 6.07) is 0. The van der Waals surface area contributed by atoms with E-state index in [1.807, 2.05) is 0 Å². The third-order valence-electron chi connectivity index (χ3n) is 6.63. The monoisotopic (exact) mass is 263 g/mol. The van der Waals surface area contributed by atoms with Gasteiger partial charge in [-0.3, -0.25) is 0 Å². The lowest BCUT2D eigenvalue weighted by Gasteiger charge is -2.58. The fourth-order valence-corrected chi connectivity index (χ4v) is 6.49. The van der Waals surface area contributed by atoms with Crippen LogP contribution in [-0.4, -0.2) is 23.8 Å². The van der Waals surface area contributed by atoms with Crippen LogP contribution in [0.5, 0.6) is 0 Å². The van der Waals surface area contributed by atoms with Crippen molar-refractivity contribution < 1.29 is 5.11 Å². The Balaban J connectivity index is 1.52. The maximum Gasteiger partial charge on any atom is 0.0665 e. The molecule has 1 heterocycles. The van der Waals surface area contributed by atoms with Gasteiger partial charge in [0.25, 0.3) is 0 Å². The lowest BCUT2D eigenvalue weighted by Crippen LogP contribution is -2.49. The fraction of sp³-hybridized carbons (Fsp3) is 1.00. The Hall–Kier alpha value is -0.0800. The van der Waals surface area contributed by atoms with Gasteiger partial charge in [-0.25, -0.2) is 0 Å². The molecule has 1 atom stereocenters. The van der Waals surface area contributed by atoms with Crippen LogP contribution in [0.3, 0.4) is 0 Å². The topological polar surface area (TPSA) is 32.3 Å². The van der Waals surface area contributed by atoms with Crippen molar-refractivity contribution in [2.75, 3.05) is 13.1 Å². The second kappa shape index (κ2) is 4.46. The SMILES string of the molecule is OC1(CC23CC4CC(CC(C4)C2)C3)CCCNCC1. The molecule has 0 aromatic rings. The zero-order valence-corrected chi connectivity index (χ0v) is 12.2. The molecule has 0 spiro atoms. The molecule has 4 bridgehead atoms. The van der Waals surface area contributed by atoms with Crippen molar-refractivity contribution in [3.63, 3.8) is 0 Å². The lowest BCUT2D eigenvalue weighted by molar-refractivity contribution is -0.107. The third-order valence-corrected chi connectivity index (χ3v) is 6.63. The van der Waals surface area contributed by atoms with Gasteiger partial charge in [0.1, 0.15) is 0 Å². The second-order valence-electron chi connectivity index (χ2n) is 8.42. The highest BCUT2D eigenvalue weighted by Gasteiger charge is 2.53. The van der Waals surface area contributed by atoms with Crippen molar-refractivity contribution >= 4 is 0 Å². The van der Waals surface area contributed by atoms with E-state index in [0.29, 0.717) is 5.41 Å². The molecule has 2 nitrogen and oxygen atoms in total. The van der Waals surface area contributed by atoms with Gasteiger partial charge < -0.3 is 10.4 Å². The minimum absolute atomic E-state index is 0.352. The molecule has 19 heavy (non-hydrogen) atoms. The van der Waals surface area contributed by atoms with Crippen molar-refractivity contribution in [1.29, 1.82) is 0 Å². The first-order chi connectivity index (χ1) is 9.15. The maximum atomic E-state index is 11.1. The summed E-state index contributed by atoms with van der Waals surface area (Å²) in [4.78, 5) is 0. The van der Waals surface area contributed by atoms with Crippen LogP contribution in [0.1, 0.15) is 64.2 Å². The molecule has 1 saturated heterocycles. The van der Waals surface area contributed by atoms with Gasteiger partial charge in [-0.15, -0.1) is 0 Å². The normalized spacial score (nSPS) is 53.2. The Kier molecular flexibility index (Phi) is 2.97. The molecule has 2 heteroatoms. The van der Waals surface area contributed by atoms with E-state index in [0.717, 1.165) is 56.5 Å². The molecule has 1 aliphatic heterocycles. The smallest absolute Gasteiger partial charge is 0.0665 e. The zero-order chi connectivity index (χ0) is 12.9. The molecule has 2 N–H and O–H groups in total. The highest BCUT2D eigenvalue weighted by Crippen LogP contribution is 2.62. The summed E-state index contributed by atoms with van der Waals surface area (Å²) in [6.07, 6.45) is 13.1. The maximum absolute atomic E-state index is 11.1. The molecular formula is C17H29NO. The van der Waals surface area contributed by atoms with Gasteiger partial charge in [0, 0.05) is 0 Å². The molecule has 0 amide bonds. The van der Waals surface area contributed by atoms with Crippen LogP contribution in [0.15, 0.2) is 0 Å². The van der Waals surface area contributed by atoms with Gasteiger partial charge in [0.2, 0.25) is 0 Å². The summed E-state index contributed by atoms with van der Waals surface area (Å²) < 4.78 is 0. The molecule has 4 aliphatic carbocycles. The second-order valence-corrected chi connectivity index (χ2v) is 8.42. The molecule has 5 aliphatic rings. The number of hydrogen-bond donors (Lipinski definition) is 2.